The van der Waals surface area contributed by atoms with E-state index in [4.69, 9.17) is 9.47 Å². The van der Waals surface area contributed by atoms with Crippen LogP contribution in [0.5, 0.6) is 11.5 Å². The molecule has 0 unspecified atom stereocenters. The highest BCUT2D eigenvalue weighted by atomic mass is 19.1. The maximum absolute atomic E-state index is 14.8. The molecule has 0 bridgehead atoms. The molecule has 2 amide bonds. The van der Waals surface area contributed by atoms with E-state index in [9.17, 15) is 18.8 Å². The normalized spacial score (nSPS) is 10.3. The van der Waals surface area contributed by atoms with E-state index in [-0.39, 0.29) is 29.2 Å². The third-order valence-corrected chi connectivity index (χ3v) is 5.78. The van der Waals surface area contributed by atoms with E-state index in [2.05, 4.69) is 30.8 Å². The summed E-state index contributed by atoms with van der Waals surface area (Å²) in [4.78, 5) is 38.2. The minimum Gasteiger partial charge on any atom is -0.463 e. The lowest BCUT2D eigenvalue weighted by molar-refractivity contribution is -0.129. The number of aldehydes is 1. The number of hydrogen-bond acceptors (Lipinski definition) is 9. The van der Waals surface area contributed by atoms with Crippen LogP contribution in [-0.4, -0.2) is 61.4 Å². The van der Waals surface area contributed by atoms with E-state index < -0.39 is 11.8 Å². The van der Waals surface area contributed by atoms with E-state index in [1.807, 2.05) is 41.8 Å². The summed E-state index contributed by atoms with van der Waals surface area (Å²) in [6.45, 7) is 9.20. The minimum atomic E-state index is -0.723. The number of carbonyl (C=O) groups is 3. The number of hydrogen-bond donors (Lipinski definition) is 3. The van der Waals surface area contributed by atoms with Crippen molar-refractivity contribution in [2.75, 3.05) is 38.4 Å². The molecule has 3 N–H and O–H groups in total. The summed E-state index contributed by atoms with van der Waals surface area (Å²) in [6, 6.07) is 15.1. The van der Waals surface area contributed by atoms with E-state index in [0.29, 0.717) is 35.7 Å². The van der Waals surface area contributed by atoms with E-state index >= 15 is 0 Å². The molecule has 4 aromatic rings. The smallest absolute Gasteiger partial charge is 0.324 e. The topological polar surface area (TPSA) is 146 Å². The highest BCUT2D eigenvalue weighted by Crippen LogP contribution is 2.28. The van der Waals surface area contributed by atoms with Gasteiger partial charge >= 0.3 is 6.03 Å². The fourth-order valence-corrected chi connectivity index (χ4v) is 3.56. The predicted octanol–water partition coefficient (Wildman–Crippen LogP) is 6.11. The van der Waals surface area contributed by atoms with Gasteiger partial charge in [-0.1, -0.05) is 32.9 Å². The number of rotatable bonds is 10. The Bertz CT molecular complexity index is 1570. The first kappa shape index (κ1) is 37.0. The second-order valence-electron chi connectivity index (χ2n) is 10.6. The van der Waals surface area contributed by atoms with Crippen molar-refractivity contribution in [3.05, 3.63) is 89.6 Å². The average molecular weight is 637 g/mol. The number of nitrogens with zero attached hydrogens (tertiary/aromatic N) is 3. The zero-order chi connectivity index (χ0) is 34.1. The standard InChI is InChI=1S/C28H26FN5O5.C3H8O.C2H7N/c1-28(2,3)25-14-26(34(33-25)20-6-4-5-18(11-20)16-38-17-36)32-27(37)31-24-8-7-21(13-23(24)29)39-22-9-10-30-19(12-22)15-35;1-3-4-2;1-3-2/h4-15,17H,16H2,1-3H3,(H2,31,32,37);3H2,1-2H3;3H,1-2H3. The molecule has 0 aliphatic heterocycles. The van der Waals surface area contributed by atoms with Crippen molar-refractivity contribution >= 4 is 30.3 Å². The van der Waals surface area contributed by atoms with Crippen LogP contribution < -0.4 is 20.7 Å². The molecule has 0 aliphatic rings. The molecule has 2 aromatic carbocycles. The van der Waals surface area contributed by atoms with Crippen molar-refractivity contribution in [3.63, 3.8) is 0 Å². The zero-order valence-corrected chi connectivity index (χ0v) is 27.1. The Hall–Kier alpha value is -5.14. The quantitative estimate of drug-likeness (QED) is 0.175. The highest BCUT2D eigenvalue weighted by molar-refractivity contribution is 5.99. The largest absolute Gasteiger partial charge is 0.463 e. The molecule has 0 fully saturated rings. The van der Waals surface area contributed by atoms with Gasteiger partial charge in [-0.25, -0.2) is 13.9 Å². The summed E-state index contributed by atoms with van der Waals surface area (Å²) in [7, 11) is 5.43. The summed E-state index contributed by atoms with van der Waals surface area (Å²) in [5.41, 5.74) is 1.88. The van der Waals surface area contributed by atoms with Gasteiger partial charge in [0.15, 0.2) is 6.29 Å². The maximum atomic E-state index is 14.8. The number of amides is 2. The van der Waals surface area contributed by atoms with E-state index in [1.54, 1.807) is 42.1 Å². The Morgan fingerprint density at radius 3 is 2.30 bits per heavy atom. The molecule has 0 atom stereocenters. The second kappa shape index (κ2) is 18.6. The summed E-state index contributed by atoms with van der Waals surface area (Å²) in [6.07, 6.45) is 1.98. The van der Waals surface area contributed by atoms with Gasteiger partial charge in [-0.15, -0.1) is 0 Å². The van der Waals surface area contributed by atoms with Crippen molar-refractivity contribution in [3.8, 4) is 17.2 Å². The molecule has 0 aliphatic carbocycles. The molecule has 246 valence electrons. The highest BCUT2D eigenvalue weighted by Gasteiger charge is 2.22. The van der Waals surface area contributed by atoms with Gasteiger partial charge in [-0.3, -0.25) is 19.9 Å². The third kappa shape index (κ3) is 11.7. The molecule has 0 radical (unpaired) electrons. The van der Waals surface area contributed by atoms with Crippen LogP contribution >= 0.6 is 0 Å². The number of methoxy groups -OCH3 is 1. The van der Waals surface area contributed by atoms with Gasteiger partial charge in [-0.2, -0.15) is 5.10 Å². The second-order valence-corrected chi connectivity index (χ2v) is 10.6. The van der Waals surface area contributed by atoms with E-state index in [1.165, 1.54) is 30.5 Å². The molecule has 0 spiro atoms. The molecule has 0 saturated heterocycles. The number of nitrogens with one attached hydrogen (secondary N) is 3. The molecular formula is C33H41FN6O6. The van der Waals surface area contributed by atoms with Crippen molar-refractivity contribution in [2.45, 2.75) is 39.7 Å². The average Bonchev–Trinajstić information content (AvgIpc) is 3.46. The zero-order valence-electron chi connectivity index (χ0n) is 27.1. The molecule has 0 saturated carbocycles. The number of urea groups is 1. The Morgan fingerprint density at radius 1 is 1.00 bits per heavy atom. The van der Waals surface area contributed by atoms with E-state index in [0.717, 1.165) is 18.2 Å². The van der Waals surface area contributed by atoms with Gasteiger partial charge < -0.3 is 24.8 Å². The van der Waals surface area contributed by atoms with Gasteiger partial charge in [0.25, 0.3) is 6.47 Å². The van der Waals surface area contributed by atoms with Gasteiger partial charge in [0.2, 0.25) is 0 Å². The van der Waals surface area contributed by atoms with Crippen molar-refractivity contribution in [2.24, 2.45) is 0 Å². The number of benzene rings is 2. The van der Waals surface area contributed by atoms with Crippen LogP contribution in [0.25, 0.3) is 5.69 Å². The van der Waals surface area contributed by atoms with Gasteiger partial charge in [0.1, 0.15) is 35.4 Å². The molecule has 2 heterocycles. The molecule has 12 nitrogen and oxygen atoms in total. The number of pyridine rings is 1. The summed E-state index contributed by atoms with van der Waals surface area (Å²) in [5.74, 6) is 0.122. The van der Waals surface area contributed by atoms with Crippen molar-refractivity contribution < 1.29 is 33.0 Å². The lowest BCUT2D eigenvalue weighted by atomic mass is 9.92. The first-order chi connectivity index (χ1) is 22.0. The van der Waals surface area contributed by atoms with Gasteiger partial charge in [-0.05, 0) is 56.9 Å². The van der Waals surface area contributed by atoms with Crippen LogP contribution in [0, 0.1) is 5.82 Å². The number of anilines is 2. The molecule has 13 heteroatoms. The summed E-state index contributed by atoms with van der Waals surface area (Å²) in [5, 5.41) is 12.6. The SMILES string of the molecule is CC(C)(C)c1cc(NC(=O)Nc2ccc(Oc3ccnc(C=O)c3)cc2F)n(-c2cccc(COC=O)c2)n1.CCOC.CNC. The Labute approximate surface area is 268 Å². The maximum Gasteiger partial charge on any atom is 0.324 e. The van der Waals surface area contributed by atoms with Crippen LogP contribution in [-0.2, 0) is 26.3 Å². The summed E-state index contributed by atoms with van der Waals surface area (Å²) < 4.78 is 31.3. The molecule has 46 heavy (non-hydrogen) atoms. The van der Waals surface area contributed by atoms with Crippen LogP contribution in [0.15, 0.2) is 66.9 Å². The monoisotopic (exact) mass is 636 g/mol. The van der Waals surface area contributed by atoms with Crippen LogP contribution in [0.2, 0.25) is 0 Å². The Morgan fingerprint density at radius 2 is 1.70 bits per heavy atom. The number of aromatic nitrogens is 3. The first-order valence-electron chi connectivity index (χ1n) is 14.3. The Balaban J connectivity index is 0.000000958. The number of carbonyl (C=O) groups excluding carboxylic acids is 3. The van der Waals surface area contributed by atoms with Crippen LogP contribution in [0.4, 0.5) is 20.7 Å². The lowest BCUT2D eigenvalue weighted by Gasteiger charge is -2.14. The molecule has 4 rings (SSSR count). The van der Waals surface area contributed by atoms with Crippen LogP contribution in [0.3, 0.4) is 0 Å². The minimum absolute atomic E-state index is 0.0710. The third-order valence-electron chi connectivity index (χ3n) is 5.78. The molecule has 2 aromatic heterocycles. The fraction of sp³-hybridized carbons (Fsp3) is 0.303. The first-order valence-corrected chi connectivity index (χ1v) is 14.3. The molecular weight excluding hydrogens is 595 g/mol. The summed E-state index contributed by atoms with van der Waals surface area (Å²) >= 11 is 0. The van der Waals surface area contributed by atoms with Gasteiger partial charge in [0.05, 0.1) is 17.1 Å². The van der Waals surface area contributed by atoms with Crippen molar-refractivity contribution in [1.82, 2.24) is 20.1 Å². The van der Waals surface area contributed by atoms with Gasteiger partial charge in [0, 0.05) is 43.5 Å². The fourth-order valence-electron chi connectivity index (χ4n) is 3.56. The number of ether oxygens (including phenoxy) is 3. The van der Waals surface area contributed by atoms with Crippen LogP contribution in [0.1, 0.15) is 49.4 Å². The van der Waals surface area contributed by atoms with Crippen molar-refractivity contribution in [1.29, 1.82) is 0 Å². The number of halogens is 1. The predicted molar refractivity (Wildman–Crippen MR) is 174 cm³/mol. The Kier molecular flexibility index (Phi) is 15.0. The lowest BCUT2D eigenvalue weighted by Crippen LogP contribution is -2.22.